The van der Waals surface area contributed by atoms with Crippen molar-refractivity contribution in [2.24, 2.45) is 5.92 Å². The first kappa shape index (κ1) is 13.9. The molecule has 0 aliphatic rings. The number of nitriles is 1. The van der Waals surface area contributed by atoms with Crippen molar-refractivity contribution >= 4 is 21.7 Å². The third-order valence-corrected chi connectivity index (χ3v) is 3.56. The summed E-state index contributed by atoms with van der Waals surface area (Å²) in [7, 11) is 0. The molecule has 0 N–H and O–H groups in total. The molecule has 2 nitrogen and oxygen atoms in total. The molecule has 0 bridgehead atoms. The van der Waals surface area contributed by atoms with Gasteiger partial charge in [-0.1, -0.05) is 54.4 Å². The van der Waals surface area contributed by atoms with Crippen LogP contribution in [0.2, 0.25) is 0 Å². The van der Waals surface area contributed by atoms with Crippen molar-refractivity contribution in [3.8, 4) is 6.07 Å². The number of nitrogens with zero attached hydrogens (tertiary/aromatic N) is 1. The van der Waals surface area contributed by atoms with Crippen LogP contribution in [0.4, 0.5) is 0 Å². The van der Waals surface area contributed by atoms with Crippen molar-refractivity contribution in [1.29, 1.82) is 5.26 Å². The highest BCUT2D eigenvalue weighted by atomic mass is 79.9. The molecule has 0 saturated heterocycles. The minimum atomic E-state index is -0.660. The van der Waals surface area contributed by atoms with E-state index in [0.717, 1.165) is 22.9 Å². The van der Waals surface area contributed by atoms with E-state index in [1.54, 1.807) is 0 Å². The maximum atomic E-state index is 12.2. The predicted molar refractivity (Wildman–Crippen MR) is 71.6 cm³/mol. The van der Waals surface area contributed by atoms with Gasteiger partial charge in [-0.15, -0.1) is 0 Å². The predicted octanol–water partition coefficient (Wildman–Crippen LogP) is 4.06. The zero-order chi connectivity index (χ0) is 12.8. The maximum absolute atomic E-state index is 12.2. The first-order valence-corrected chi connectivity index (χ1v) is 6.58. The van der Waals surface area contributed by atoms with Crippen molar-refractivity contribution in [2.45, 2.75) is 32.6 Å². The minimum Gasteiger partial charge on any atom is -0.298 e. The number of hydrogen-bond acceptors (Lipinski definition) is 2. The Kier molecular flexibility index (Phi) is 5.37. The van der Waals surface area contributed by atoms with Gasteiger partial charge >= 0.3 is 0 Å². The van der Waals surface area contributed by atoms with Crippen molar-refractivity contribution in [3.63, 3.8) is 0 Å². The average Bonchev–Trinajstić information content (AvgIpc) is 2.32. The molecule has 17 heavy (non-hydrogen) atoms. The minimum absolute atomic E-state index is 0.0150. The molecule has 2 atom stereocenters. The first-order chi connectivity index (χ1) is 8.11. The topological polar surface area (TPSA) is 40.9 Å². The molecule has 1 aromatic carbocycles. The fraction of sp³-hybridized carbons (Fsp3) is 0.429. The number of carbonyl (C=O) groups excluding carboxylic acids is 1. The van der Waals surface area contributed by atoms with Gasteiger partial charge in [0.1, 0.15) is 5.92 Å². The molecule has 0 heterocycles. The van der Waals surface area contributed by atoms with Crippen molar-refractivity contribution in [3.05, 3.63) is 34.3 Å². The lowest BCUT2D eigenvalue weighted by Crippen LogP contribution is -2.19. The number of hydrogen-bond donors (Lipinski definition) is 0. The van der Waals surface area contributed by atoms with E-state index >= 15 is 0 Å². The summed E-state index contributed by atoms with van der Waals surface area (Å²) < 4.78 is 0.823. The Balaban J connectivity index is 2.98. The standard InChI is InChI=1S/C14H16BrNO/c1-3-6-10(2)14(17)12(9-16)11-7-4-5-8-13(11)15/h4-5,7-8,10,12H,3,6H2,1-2H3. The highest BCUT2D eigenvalue weighted by molar-refractivity contribution is 9.10. The summed E-state index contributed by atoms with van der Waals surface area (Å²) in [6.07, 6.45) is 1.79. The van der Waals surface area contributed by atoms with Crippen molar-refractivity contribution < 1.29 is 4.79 Å². The van der Waals surface area contributed by atoms with Gasteiger partial charge < -0.3 is 0 Å². The van der Waals surface area contributed by atoms with Gasteiger partial charge in [0.05, 0.1) is 6.07 Å². The normalized spacial score (nSPS) is 13.8. The number of Topliss-reactive ketones (excluding diaryl/α,β-unsaturated/α-hetero) is 1. The van der Waals surface area contributed by atoms with Gasteiger partial charge in [0.15, 0.2) is 5.78 Å². The van der Waals surface area contributed by atoms with E-state index in [-0.39, 0.29) is 11.7 Å². The quantitative estimate of drug-likeness (QED) is 0.821. The summed E-state index contributed by atoms with van der Waals surface area (Å²) in [6, 6.07) is 9.53. The van der Waals surface area contributed by atoms with E-state index in [1.807, 2.05) is 38.1 Å². The molecular weight excluding hydrogens is 278 g/mol. The van der Waals surface area contributed by atoms with E-state index in [0.29, 0.717) is 0 Å². The van der Waals surface area contributed by atoms with Crippen LogP contribution in [-0.4, -0.2) is 5.78 Å². The molecule has 0 amide bonds. The molecule has 1 rings (SSSR count). The largest absolute Gasteiger partial charge is 0.298 e. The number of carbonyl (C=O) groups is 1. The number of halogens is 1. The Morgan fingerprint density at radius 2 is 2.12 bits per heavy atom. The second-order valence-corrected chi connectivity index (χ2v) is 5.03. The summed E-state index contributed by atoms with van der Waals surface area (Å²) in [5, 5.41) is 9.20. The molecule has 0 aliphatic carbocycles. The Hall–Kier alpha value is -1.14. The van der Waals surface area contributed by atoms with Crippen LogP contribution in [0, 0.1) is 17.2 Å². The molecule has 0 fully saturated rings. The Labute approximate surface area is 111 Å². The van der Waals surface area contributed by atoms with Crippen LogP contribution in [0.15, 0.2) is 28.7 Å². The van der Waals surface area contributed by atoms with Gasteiger partial charge in [-0.2, -0.15) is 5.26 Å². The van der Waals surface area contributed by atoms with Gasteiger partial charge in [0, 0.05) is 10.4 Å². The van der Waals surface area contributed by atoms with E-state index < -0.39 is 5.92 Å². The molecule has 1 aromatic rings. The fourth-order valence-corrected chi connectivity index (χ4v) is 2.37. The van der Waals surface area contributed by atoms with Crippen molar-refractivity contribution in [1.82, 2.24) is 0 Å². The third kappa shape index (κ3) is 3.41. The van der Waals surface area contributed by atoms with Gasteiger partial charge in [-0.3, -0.25) is 4.79 Å². The highest BCUT2D eigenvalue weighted by Crippen LogP contribution is 2.28. The molecule has 0 saturated carbocycles. The zero-order valence-corrected chi connectivity index (χ0v) is 11.7. The van der Waals surface area contributed by atoms with Crippen LogP contribution in [0.25, 0.3) is 0 Å². The van der Waals surface area contributed by atoms with Gasteiger partial charge in [0.25, 0.3) is 0 Å². The first-order valence-electron chi connectivity index (χ1n) is 5.79. The van der Waals surface area contributed by atoms with E-state index in [9.17, 15) is 10.1 Å². The summed E-state index contributed by atoms with van der Waals surface area (Å²) in [4.78, 5) is 12.2. The van der Waals surface area contributed by atoms with Crippen LogP contribution in [0.1, 0.15) is 38.2 Å². The lowest BCUT2D eigenvalue weighted by Gasteiger charge is -2.15. The van der Waals surface area contributed by atoms with E-state index in [4.69, 9.17) is 0 Å². The van der Waals surface area contributed by atoms with Gasteiger partial charge in [-0.25, -0.2) is 0 Å². The maximum Gasteiger partial charge on any atom is 0.157 e. The Bertz CT molecular complexity index is 436. The molecule has 0 radical (unpaired) electrons. The Morgan fingerprint density at radius 3 is 2.65 bits per heavy atom. The zero-order valence-electron chi connectivity index (χ0n) is 10.1. The van der Waals surface area contributed by atoms with E-state index in [2.05, 4.69) is 22.0 Å². The SMILES string of the molecule is CCCC(C)C(=O)C(C#N)c1ccccc1Br. The second kappa shape index (κ2) is 6.56. The lowest BCUT2D eigenvalue weighted by atomic mass is 9.87. The molecule has 0 aliphatic heterocycles. The summed E-state index contributed by atoms with van der Waals surface area (Å²) in [5.41, 5.74) is 0.767. The van der Waals surface area contributed by atoms with Crippen LogP contribution in [0.3, 0.4) is 0 Å². The highest BCUT2D eigenvalue weighted by Gasteiger charge is 2.26. The second-order valence-electron chi connectivity index (χ2n) is 4.18. The lowest BCUT2D eigenvalue weighted by molar-refractivity contribution is -0.122. The summed E-state index contributed by atoms with van der Waals surface area (Å²) in [6.45, 7) is 3.94. The molecule has 0 spiro atoms. The molecular formula is C14H16BrNO. The number of rotatable bonds is 5. The van der Waals surface area contributed by atoms with Crippen LogP contribution < -0.4 is 0 Å². The van der Waals surface area contributed by atoms with Crippen LogP contribution >= 0.6 is 15.9 Å². The molecule has 3 heteroatoms. The summed E-state index contributed by atoms with van der Waals surface area (Å²) >= 11 is 3.39. The Morgan fingerprint density at radius 1 is 1.47 bits per heavy atom. The third-order valence-electron chi connectivity index (χ3n) is 2.84. The monoisotopic (exact) mass is 293 g/mol. The molecule has 2 unspecified atom stereocenters. The number of ketones is 1. The smallest absolute Gasteiger partial charge is 0.157 e. The average molecular weight is 294 g/mol. The fourth-order valence-electron chi connectivity index (χ4n) is 1.86. The van der Waals surface area contributed by atoms with Crippen LogP contribution in [-0.2, 0) is 4.79 Å². The molecule has 0 aromatic heterocycles. The van der Waals surface area contributed by atoms with E-state index in [1.165, 1.54) is 0 Å². The van der Waals surface area contributed by atoms with Gasteiger partial charge in [0.2, 0.25) is 0 Å². The summed E-state index contributed by atoms with van der Waals surface area (Å²) in [5.74, 6) is -0.704. The molecule has 90 valence electrons. The van der Waals surface area contributed by atoms with Crippen molar-refractivity contribution in [2.75, 3.05) is 0 Å². The van der Waals surface area contributed by atoms with Crippen LogP contribution in [0.5, 0.6) is 0 Å². The number of benzene rings is 1. The van der Waals surface area contributed by atoms with Gasteiger partial charge in [-0.05, 0) is 18.1 Å².